The number of para-hydroxylation sites is 1. The lowest BCUT2D eigenvalue weighted by Gasteiger charge is -2.32. The van der Waals surface area contributed by atoms with Gasteiger partial charge in [-0.2, -0.15) is 0 Å². The highest BCUT2D eigenvalue weighted by Crippen LogP contribution is 2.63. The first kappa shape index (κ1) is 33.9. The summed E-state index contributed by atoms with van der Waals surface area (Å²) < 4.78 is 6.51. The lowest BCUT2D eigenvalue weighted by atomic mass is 9.70. The molecule has 0 radical (unpaired) electrons. The molecule has 0 bridgehead atoms. The van der Waals surface area contributed by atoms with Crippen LogP contribution in [0.15, 0.2) is 199 Å². The summed E-state index contributed by atoms with van der Waals surface area (Å²) in [6, 6.07) is 71.9. The summed E-state index contributed by atoms with van der Waals surface area (Å²) in [5.41, 5.74) is 18.9. The molecule has 0 aliphatic heterocycles. The summed E-state index contributed by atoms with van der Waals surface area (Å²) in [5, 5.41) is 4.65. The lowest BCUT2D eigenvalue weighted by molar-refractivity contribution is 0.590. The number of benzene rings is 9. The maximum absolute atomic E-state index is 6.51. The summed E-state index contributed by atoms with van der Waals surface area (Å²) in [7, 11) is 0. The van der Waals surface area contributed by atoms with Crippen LogP contribution < -0.4 is 4.90 Å². The quantitative estimate of drug-likeness (QED) is 0.178. The predicted octanol–water partition coefficient (Wildman–Crippen LogP) is 15.5. The van der Waals surface area contributed by atoms with Crippen LogP contribution in [0.4, 0.5) is 17.1 Å². The van der Waals surface area contributed by atoms with Crippen LogP contribution in [0.5, 0.6) is 0 Å². The second-order valence-corrected chi connectivity index (χ2v) is 17.2. The Balaban J connectivity index is 1.16. The van der Waals surface area contributed by atoms with Gasteiger partial charge in [-0.25, -0.2) is 0 Å². The van der Waals surface area contributed by atoms with E-state index in [0.29, 0.717) is 0 Å². The number of hydrogen-bond donors (Lipinski definition) is 0. The first-order valence-corrected chi connectivity index (χ1v) is 20.7. The summed E-state index contributed by atoms with van der Waals surface area (Å²) in [6.07, 6.45) is 0. The third-order valence-electron chi connectivity index (χ3n) is 13.1. The lowest BCUT2D eigenvalue weighted by Crippen LogP contribution is -2.25. The summed E-state index contributed by atoms with van der Waals surface area (Å²) in [4.78, 5) is 2.49. The van der Waals surface area contributed by atoms with E-state index in [4.69, 9.17) is 4.42 Å². The van der Waals surface area contributed by atoms with Gasteiger partial charge in [0, 0.05) is 27.7 Å². The molecule has 1 heterocycles. The first-order valence-electron chi connectivity index (χ1n) is 20.7. The van der Waals surface area contributed by atoms with Crippen molar-refractivity contribution in [3.05, 3.63) is 222 Å². The standard InChI is InChI=1S/C57H41NO/c1-56(2,3)37-28-30-38(31-29-37)58(51-34-27-36-15-4-5-16-40(36)54(51)45-21-14-26-53-55(45)44-20-9-13-25-52(44)59-53)39-32-33-50-46(35-39)43-19-8-12-24-49(43)57(50)47-22-10-6-17-41(47)42-18-7-11-23-48(42)57/h4-35H,1-3H3. The molecule has 2 aliphatic carbocycles. The molecule has 9 aromatic carbocycles. The average Bonchev–Trinajstić information content (AvgIpc) is 3.90. The second-order valence-electron chi connectivity index (χ2n) is 17.2. The molecule has 1 aromatic heterocycles. The van der Waals surface area contributed by atoms with Crippen molar-refractivity contribution in [2.24, 2.45) is 0 Å². The van der Waals surface area contributed by atoms with Crippen LogP contribution >= 0.6 is 0 Å². The maximum atomic E-state index is 6.51. The third kappa shape index (κ3) is 4.75. The summed E-state index contributed by atoms with van der Waals surface area (Å²) in [6.45, 7) is 6.85. The van der Waals surface area contributed by atoms with E-state index in [1.54, 1.807) is 0 Å². The molecule has 2 aliphatic rings. The molecule has 0 fully saturated rings. The Labute approximate surface area is 344 Å². The maximum Gasteiger partial charge on any atom is 0.136 e. The van der Waals surface area contributed by atoms with Gasteiger partial charge in [0.1, 0.15) is 11.2 Å². The van der Waals surface area contributed by atoms with Crippen LogP contribution in [0, 0.1) is 0 Å². The highest BCUT2D eigenvalue weighted by molar-refractivity contribution is 6.18. The van der Waals surface area contributed by atoms with E-state index in [1.807, 2.05) is 0 Å². The number of rotatable bonds is 4. The van der Waals surface area contributed by atoms with Crippen molar-refractivity contribution in [2.45, 2.75) is 31.6 Å². The van der Waals surface area contributed by atoms with E-state index in [0.717, 1.165) is 44.6 Å². The van der Waals surface area contributed by atoms with Gasteiger partial charge in [-0.15, -0.1) is 0 Å². The van der Waals surface area contributed by atoms with E-state index in [9.17, 15) is 0 Å². The van der Waals surface area contributed by atoms with Crippen LogP contribution in [0.1, 0.15) is 48.6 Å². The molecule has 280 valence electrons. The second kappa shape index (κ2) is 12.4. The summed E-state index contributed by atoms with van der Waals surface area (Å²) >= 11 is 0. The van der Waals surface area contributed by atoms with E-state index in [1.165, 1.54) is 66.4 Å². The Morgan fingerprint density at radius 2 is 0.966 bits per heavy atom. The van der Waals surface area contributed by atoms with Crippen LogP contribution in [0.3, 0.4) is 0 Å². The minimum absolute atomic E-state index is 0.0227. The van der Waals surface area contributed by atoms with E-state index in [-0.39, 0.29) is 5.41 Å². The fourth-order valence-electron chi connectivity index (χ4n) is 10.5. The minimum Gasteiger partial charge on any atom is -0.456 e. The van der Waals surface area contributed by atoms with Gasteiger partial charge < -0.3 is 9.32 Å². The van der Waals surface area contributed by atoms with Gasteiger partial charge in [0.05, 0.1) is 11.1 Å². The van der Waals surface area contributed by atoms with E-state index < -0.39 is 5.41 Å². The molecule has 0 unspecified atom stereocenters. The fraction of sp³-hybridized carbons (Fsp3) is 0.0877. The SMILES string of the molecule is CC(C)(C)c1ccc(N(c2ccc3c(c2)-c2ccccc2C32c3ccccc3-c3ccccc32)c2ccc3ccccc3c2-c2cccc3oc4ccccc4c23)cc1. The van der Waals surface area contributed by atoms with Crippen molar-refractivity contribution >= 4 is 49.8 Å². The topological polar surface area (TPSA) is 16.4 Å². The largest absolute Gasteiger partial charge is 0.456 e. The van der Waals surface area contributed by atoms with E-state index in [2.05, 4.69) is 220 Å². The van der Waals surface area contributed by atoms with Gasteiger partial charge in [0.2, 0.25) is 0 Å². The molecule has 0 saturated heterocycles. The molecule has 12 rings (SSSR count). The molecule has 0 saturated carbocycles. The highest BCUT2D eigenvalue weighted by atomic mass is 16.3. The molecular formula is C57H41NO. The third-order valence-corrected chi connectivity index (χ3v) is 13.1. The van der Waals surface area contributed by atoms with Gasteiger partial charge in [0.25, 0.3) is 0 Å². The van der Waals surface area contributed by atoms with Crippen molar-refractivity contribution in [1.29, 1.82) is 0 Å². The first-order chi connectivity index (χ1) is 28.9. The molecule has 59 heavy (non-hydrogen) atoms. The van der Waals surface area contributed by atoms with Crippen molar-refractivity contribution in [3.63, 3.8) is 0 Å². The Hall–Kier alpha value is -7.16. The summed E-state index contributed by atoms with van der Waals surface area (Å²) in [5.74, 6) is 0. The normalized spacial score (nSPS) is 13.5. The Morgan fingerprint density at radius 1 is 0.424 bits per heavy atom. The van der Waals surface area contributed by atoms with Gasteiger partial charge in [0.15, 0.2) is 0 Å². The van der Waals surface area contributed by atoms with Crippen molar-refractivity contribution < 1.29 is 4.42 Å². The highest BCUT2D eigenvalue weighted by Gasteiger charge is 2.51. The molecular weight excluding hydrogens is 715 g/mol. The van der Waals surface area contributed by atoms with Gasteiger partial charge in [-0.1, -0.05) is 172 Å². The number of anilines is 3. The Kier molecular flexibility index (Phi) is 7.14. The van der Waals surface area contributed by atoms with Crippen molar-refractivity contribution in [2.75, 3.05) is 4.90 Å². The Bertz CT molecular complexity index is 3280. The number of hydrogen-bond acceptors (Lipinski definition) is 2. The van der Waals surface area contributed by atoms with Gasteiger partial charge in [-0.3, -0.25) is 0 Å². The smallest absolute Gasteiger partial charge is 0.136 e. The van der Waals surface area contributed by atoms with Gasteiger partial charge in [-0.05, 0) is 114 Å². The van der Waals surface area contributed by atoms with Crippen molar-refractivity contribution in [3.8, 4) is 33.4 Å². The number of nitrogens with zero attached hydrogens (tertiary/aromatic N) is 1. The van der Waals surface area contributed by atoms with Crippen LogP contribution in [0.25, 0.3) is 66.1 Å². The molecule has 1 spiro atoms. The van der Waals surface area contributed by atoms with Gasteiger partial charge >= 0.3 is 0 Å². The zero-order valence-corrected chi connectivity index (χ0v) is 33.3. The number of fused-ring (bicyclic) bond motifs is 14. The fourth-order valence-corrected chi connectivity index (χ4v) is 10.5. The van der Waals surface area contributed by atoms with Crippen LogP contribution in [0.2, 0.25) is 0 Å². The zero-order chi connectivity index (χ0) is 39.5. The predicted molar refractivity (Wildman–Crippen MR) is 246 cm³/mol. The van der Waals surface area contributed by atoms with Crippen molar-refractivity contribution in [1.82, 2.24) is 0 Å². The van der Waals surface area contributed by atoms with Crippen LogP contribution in [-0.2, 0) is 10.8 Å². The zero-order valence-electron chi connectivity index (χ0n) is 33.3. The molecule has 2 heteroatoms. The number of furan rings is 1. The molecule has 10 aromatic rings. The van der Waals surface area contributed by atoms with E-state index >= 15 is 0 Å². The molecule has 2 nitrogen and oxygen atoms in total. The molecule has 0 atom stereocenters. The van der Waals surface area contributed by atoms with Crippen LogP contribution in [-0.4, -0.2) is 0 Å². The molecule has 0 N–H and O–H groups in total. The average molecular weight is 756 g/mol. The Morgan fingerprint density at radius 3 is 1.66 bits per heavy atom. The molecule has 0 amide bonds. The minimum atomic E-state index is -0.400. The monoisotopic (exact) mass is 755 g/mol.